The number of benzene rings is 1. The van der Waals surface area contributed by atoms with E-state index in [-0.39, 0.29) is 24.6 Å². The van der Waals surface area contributed by atoms with Crippen LogP contribution in [0.1, 0.15) is 20.8 Å². The first-order valence-corrected chi connectivity index (χ1v) is 8.46. The summed E-state index contributed by atoms with van der Waals surface area (Å²) in [5.74, 6) is -0.889. The number of esters is 1. The zero-order valence-electron chi connectivity index (χ0n) is 14.6. The summed E-state index contributed by atoms with van der Waals surface area (Å²) >= 11 is 3.31. The number of rotatable bonds is 4. The van der Waals surface area contributed by atoms with Gasteiger partial charge in [-0.15, -0.1) is 0 Å². The van der Waals surface area contributed by atoms with Crippen LogP contribution in [0, 0.1) is 0 Å². The molecule has 0 atom stereocenters. The van der Waals surface area contributed by atoms with Gasteiger partial charge in [0, 0.05) is 11.5 Å². The van der Waals surface area contributed by atoms with Crippen molar-refractivity contribution in [3.63, 3.8) is 0 Å². The number of carbonyl (C=O) groups is 2. The van der Waals surface area contributed by atoms with Crippen molar-refractivity contribution < 1.29 is 14.3 Å². The zero-order valence-corrected chi connectivity index (χ0v) is 16.2. The quantitative estimate of drug-likeness (QED) is 0.720. The molecule has 134 valence electrons. The van der Waals surface area contributed by atoms with Gasteiger partial charge < -0.3 is 9.64 Å². The van der Waals surface area contributed by atoms with Crippen LogP contribution in [-0.4, -0.2) is 45.5 Å². The number of ether oxygens (including phenoxy) is 1. The summed E-state index contributed by atoms with van der Waals surface area (Å²) in [6.07, 6.45) is 1.33. The standard InChI is InChI=1S/C17H20BrN3O4/c1-17(2,3)25-15(23)9-20(4)14(22)8-21-10-19-13-6-5-11(18)7-12(13)16(21)24/h5-7,10H,8-9H2,1-4H3. The Balaban J connectivity index is 2.12. The van der Waals surface area contributed by atoms with Crippen LogP contribution in [-0.2, 0) is 20.9 Å². The molecule has 1 aromatic carbocycles. The lowest BCUT2D eigenvalue weighted by atomic mass is 10.2. The summed E-state index contributed by atoms with van der Waals surface area (Å²) in [5.41, 5.74) is -0.377. The molecule has 1 heterocycles. The molecule has 1 amide bonds. The van der Waals surface area contributed by atoms with E-state index in [4.69, 9.17) is 4.74 Å². The third kappa shape index (κ3) is 5.12. The van der Waals surface area contributed by atoms with Crippen LogP contribution in [0.5, 0.6) is 0 Å². The monoisotopic (exact) mass is 409 g/mol. The molecule has 0 aliphatic carbocycles. The van der Waals surface area contributed by atoms with Crippen LogP contribution < -0.4 is 5.56 Å². The molecule has 2 rings (SSSR count). The number of carbonyl (C=O) groups excluding carboxylic acids is 2. The van der Waals surface area contributed by atoms with E-state index in [1.807, 2.05) is 0 Å². The van der Waals surface area contributed by atoms with Crippen molar-refractivity contribution in [2.45, 2.75) is 32.9 Å². The van der Waals surface area contributed by atoms with Gasteiger partial charge in [-0.2, -0.15) is 0 Å². The van der Waals surface area contributed by atoms with Gasteiger partial charge in [-0.1, -0.05) is 15.9 Å². The number of likely N-dealkylation sites (N-methyl/N-ethyl adjacent to an activating group) is 1. The van der Waals surface area contributed by atoms with Crippen LogP contribution >= 0.6 is 15.9 Å². The van der Waals surface area contributed by atoms with E-state index in [0.717, 1.165) is 4.47 Å². The molecule has 7 nitrogen and oxygen atoms in total. The second-order valence-electron chi connectivity index (χ2n) is 6.68. The van der Waals surface area contributed by atoms with Gasteiger partial charge in [-0.25, -0.2) is 4.98 Å². The van der Waals surface area contributed by atoms with Crippen LogP contribution in [0.2, 0.25) is 0 Å². The molecule has 8 heteroatoms. The van der Waals surface area contributed by atoms with Gasteiger partial charge >= 0.3 is 5.97 Å². The number of fused-ring (bicyclic) bond motifs is 1. The summed E-state index contributed by atoms with van der Waals surface area (Å²) in [6.45, 7) is 4.88. The van der Waals surface area contributed by atoms with Gasteiger partial charge in [0.05, 0.1) is 17.2 Å². The number of amides is 1. The second-order valence-corrected chi connectivity index (χ2v) is 7.59. The van der Waals surface area contributed by atoms with Gasteiger partial charge in [0.2, 0.25) is 5.91 Å². The average molecular weight is 410 g/mol. The first-order valence-electron chi connectivity index (χ1n) is 7.67. The molecule has 0 unspecified atom stereocenters. The molecule has 0 aliphatic heterocycles. The summed E-state index contributed by atoms with van der Waals surface area (Å²) in [5, 5.41) is 0.416. The SMILES string of the molecule is CN(CC(=O)OC(C)(C)C)C(=O)Cn1cnc2ccc(Br)cc2c1=O. The predicted molar refractivity (Wildman–Crippen MR) is 97.2 cm³/mol. The number of halogens is 1. The minimum atomic E-state index is -0.617. The molecule has 0 bridgehead atoms. The molecule has 0 N–H and O–H groups in total. The van der Waals surface area contributed by atoms with Crippen molar-refractivity contribution in [1.82, 2.24) is 14.5 Å². The summed E-state index contributed by atoms with van der Waals surface area (Å²) in [4.78, 5) is 42.0. The third-order valence-electron chi connectivity index (χ3n) is 3.30. The highest BCUT2D eigenvalue weighted by molar-refractivity contribution is 9.10. The van der Waals surface area contributed by atoms with E-state index in [1.54, 1.807) is 39.0 Å². The molecule has 0 aliphatic rings. The van der Waals surface area contributed by atoms with Crippen molar-refractivity contribution in [2.75, 3.05) is 13.6 Å². The van der Waals surface area contributed by atoms with Gasteiger partial charge in [-0.05, 0) is 39.0 Å². The Bertz CT molecular complexity index is 870. The third-order valence-corrected chi connectivity index (χ3v) is 3.80. The molecule has 0 radical (unpaired) electrons. The van der Waals surface area contributed by atoms with Crippen LogP contribution in [0.4, 0.5) is 0 Å². The highest BCUT2D eigenvalue weighted by Gasteiger charge is 2.20. The van der Waals surface area contributed by atoms with Crippen molar-refractivity contribution in [3.05, 3.63) is 39.4 Å². The van der Waals surface area contributed by atoms with Crippen LogP contribution in [0.15, 0.2) is 33.8 Å². The first-order chi connectivity index (χ1) is 11.6. The molecular weight excluding hydrogens is 390 g/mol. The number of aromatic nitrogens is 2. The highest BCUT2D eigenvalue weighted by atomic mass is 79.9. The average Bonchev–Trinajstić information content (AvgIpc) is 2.48. The van der Waals surface area contributed by atoms with E-state index in [0.29, 0.717) is 10.9 Å². The Labute approximate surface area is 153 Å². The van der Waals surface area contributed by atoms with Gasteiger partial charge in [0.1, 0.15) is 18.7 Å². The fourth-order valence-corrected chi connectivity index (χ4v) is 2.53. The Kier molecular flexibility index (Phi) is 5.62. The van der Waals surface area contributed by atoms with E-state index in [1.165, 1.54) is 22.8 Å². The molecule has 25 heavy (non-hydrogen) atoms. The normalized spacial score (nSPS) is 11.4. The maximum atomic E-state index is 12.5. The van der Waals surface area contributed by atoms with E-state index in [2.05, 4.69) is 20.9 Å². The Morgan fingerprint density at radius 1 is 1.32 bits per heavy atom. The molecule has 0 saturated carbocycles. The number of hydrogen-bond donors (Lipinski definition) is 0. The molecule has 0 saturated heterocycles. The Hall–Kier alpha value is -2.22. The van der Waals surface area contributed by atoms with Gasteiger partial charge in [0.25, 0.3) is 5.56 Å². The van der Waals surface area contributed by atoms with Crippen LogP contribution in [0.25, 0.3) is 10.9 Å². The molecule has 2 aromatic rings. The predicted octanol–water partition coefficient (Wildman–Crippen LogP) is 1.96. The number of hydrogen-bond acceptors (Lipinski definition) is 5. The summed E-state index contributed by atoms with van der Waals surface area (Å²) < 4.78 is 7.16. The smallest absolute Gasteiger partial charge is 0.326 e. The largest absolute Gasteiger partial charge is 0.459 e. The summed E-state index contributed by atoms with van der Waals surface area (Å²) in [7, 11) is 1.49. The van der Waals surface area contributed by atoms with Gasteiger partial charge in [-0.3, -0.25) is 19.0 Å². The first kappa shape index (κ1) is 19.1. The zero-order chi connectivity index (χ0) is 18.8. The molecule has 1 aromatic heterocycles. The van der Waals surface area contributed by atoms with Crippen molar-refractivity contribution in [1.29, 1.82) is 0 Å². The Morgan fingerprint density at radius 2 is 2.00 bits per heavy atom. The van der Waals surface area contributed by atoms with E-state index < -0.39 is 11.6 Å². The van der Waals surface area contributed by atoms with Crippen LogP contribution in [0.3, 0.4) is 0 Å². The molecule has 0 fully saturated rings. The maximum absolute atomic E-state index is 12.5. The summed E-state index contributed by atoms with van der Waals surface area (Å²) in [6, 6.07) is 5.18. The molecule has 0 spiro atoms. The van der Waals surface area contributed by atoms with Crippen molar-refractivity contribution in [3.8, 4) is 0 Å². The maximum Gasteiger partial charge on any atom is 0.326 e. The van der Waals surface area contributed by atoms with Crippen molar-refractivity contribution in [2.24, 2.45) is 0 Å². The second kappa shape index (κ2) is 7.35. The van der Waals surface area contributed by atoms with E-state index in [9.17, 15) is 14.4 Å². The lowest BCUT2D eigenvalue weighted by molar-refractivity contribution is -0.158. The van der Waals surface area contributed by atoms with E-state index >= 15 is 0 Å². The minimum absolute atomic E-state index is 0.183. The fraction of sp³-hybridized carbons (Fsp3) is 0.412. The molecular formula is C17H20BrN3O4. The fourth-order valence-electron chi connectivity index (χ4n) is 2.17. The lowest BCUT2D eigenvalue weighted by Crippen LogP contribution is -2.39. The highest BCUT2D eigenvalue weighted by Crippen LogP contribution is 2.14. The van der Waals surface area contributed by atoms with Crippen molar-refractivity contribution >= 4 is 38.7 Å². The number of nitrogens with zero attached hydrogens (tertiary/aromatic N) is 3. The topological polar surface area (TPSA) is 81.5 Å². The van der Waals surface area contributed by atoms with Gasteiger partial charge in [0.15, 0.2) is 0 Å². The lowest BCUT2D eigenvalue weighted by Gasteiger charge is -2.22. The minimum Gasteiger partial charge on any atom is -0.459 e. The Morgan fingerprint density at radius 3 is 2.64 bits per heavy atom.